The lowest BCUT2D eigenvalue weighted by Gasteiger charge is -2.08. The molecule has 1 aromatic rings. The lowest BCUT2D eigenvalue weighted by Crippen LogP contribution is -1.97. The second-order valence-corrected chi connectivity index (χ2v) is 3.73. The third kappa shape index (κ3) is 4.31. The van der Waals surface area contributed by atoms with Crippen LogP contribution in [-0.2, 0) is 9.53 Å². The molecule has 0 bridgehead atoms. The Balaban J connectivity index is 2.80. The number of carbonyl (C=O) groups is 1. The third-order valence-electron chi connectivity index (χ3n) is 2.29. The zero-order chi connectivity index (χ0) is 12.7. The minimum Gasteiger partial charge on any atom is -0.493 e. The van der Waals surface area contributed by atoms with Crippen LogP contribution in [0.2, 0.25) is 0 Å². The molecule has 3 nitrogen and oxygen atoms in total. The fourth-order valence-electron chi connectivity index (χ4n) is 1.32. The molecule has 0 atom stereocenters. The summed E-state index contributed by atoms with van der Waals surface area (Å²) >= 11 is 0. The molecule has 0 spiro atoms. The average molecular weight is 234 g/mol. The van der Waals surface area contributed by atoms with Gasteiger partial charge in [0.1, 0.15) is 5.75 Å². The molecular formula is C14H18O3. The molecule has 0 radical (unpaired) electrons. The molecule has 0 fully saturated rings. The number of hydrogen-bond acceptors (Lipinski definition) is 3. The van der Waals surface area contributed by atoms with E-state index in [0.29, 0.717) is 6.61 Å². The Morgan fingerprint density at radius 2 is 2.18 bits per heavy atom. The highest BCUT2D eigenvalue weighted by Gasteiger charge is 2.00. The molecule has 0 aromatic heterocycles. The van der Waals surface area contributed by atoms with E-state index in [1.807, 2.05) is 25.1 Å². The molecule has 1 rings (SSSR count). The molecule has 3 heteroatoms. The normalized spacial score (nSPS) is 10.5. The predicted octanol–water partition coefficient (Wildman–Crippen LogP) is 2.97. The Morgan fingerprint density at radius 1 is 1.41 bits per heavy atom. The maximum Gasteiger partial charge on any atom is 0.330 e. The number of aryl methyl sites for hydroxylation is 1. The summed E-state index contributed by atoms with van der Waals surface area (Å²) in [6, 6.07) is 5.83. The Kier molecular flexibility index (Phi) is 5.27. The quantitative estimate of drug-likeness (QED) is 0.580. The minimum absolute atomic E-state index is 0.360. The van der Waals surface area contributed by atoms with Crippen LogP contribution < -0.4 is 4.74 Å². The molecule has 0 saturated carbocycles. The Bertz CT molecular complexity index is 408. The van der Waals surface area contributed by atoms with Gasteiger partial charge >= 0.3 is 5.97 Å². The molecule has 0 N–H and O–H groups in total. The van der Waals surface area contributed by atoms with Crippen molar-refractivity contribution in [2.75, 3.05) is 13.7 Å². The van der Waals surface area contributed by atoms with E-state index in [1.54, 1.807) is 6.08 Å². The molecule has 17 heavy (non-hydrogen) atoms. The van der Waals surface area contributed by atoms with Gasteiger partial charge in [0.2, 0.25) is 0 Å². The summed E-state index contributed by atoms with van der Waals surface area (Å²) in [7, 11) is 1.36. The summed E-state index contributed by atoms with van der Waals surface area (Å²) in [5.41, 5.74) is 2.01. The van der Waals surface area contributed by atoms with Gasteiger partial charge in [-0.05, 0) is 36.6 Å². The SMILES string of the molecule is CCCOc1cc(/C=C/C(=O)OC)ccc1C. The molecule has 0 heterocycles. The Hall–Kier alpha value is -1.77. The molecule has 0 saturated heterocycles. The van der Waals surface area contributed by atoms with Crippen LogP contribution in [0.3, 0.4) is 0 Å². The van der Waals surface area contributed by atoms with E-state index < -0.39 is 0 Å². The van der Waals surface area contributed by atoms with Crippen molar-refractivity contribution in [2.45, 2.75) is 20.3 Å². The lowest BCUT2D eigenvalue weighted by atomic mass is 10.1. The number of methoxy groups -OCH3 is 1. The molecular weight excluding hydrogens is 216 g/mol. The second kappa shape index (κ2) is 6.74. The molecule has 0 aliphatic carbocycles. The van der Waals surface area contributed by atoms with Crippen LogP contribution in [0.5, 0.6) is 5.75 Å². The van der Waals surface area contributed by atoms with Crippen LogP contribution in [0.15, 0.2) is 24.3 Å². The monoisotopic (exact) mass is 234 g/mol. The molecule has 0 aliphatic heterocycles. The Labute approximate surface area is 102 Å². The highest BCUT2D eigenvalue weighted by atomic mass is 16.5. The van der Waals surface area contributed by atoms with Crippen molar-refractivity contribution in [3.05, 3.63) is 35.4 Å². The van der Waals surface area contributed by atoms with Gasteiger partial charge < -0.3 is 9.47 Å². The topological polar surface area (TPSA) is 35.5 Å². The molecule has 0 amide bonds. The van der Waals surface area contributed by atoms with Crippen molar-refractivity contribution in [3.63, 3.8) is 0 Å². The standard InChI is InChI=1S/C14H18O3/c1-4-9-17-13-10-12(6-5-11(13)2)7-8-14(15)16-3/h5-8,10H,4,9H2,1-3H3/b8-7+. The van der Waals surface area contributed by atoms with Crippen molar-refractivity contribution >= 4 is 12.0 Å². The first-order valence-corrected chi connectivity index (χ1v) is 5.67. The van der Waals surface area contributed by atoms with Crippen LogP contribution in [0, 0.1) is 6.92 Å². The maximum absolute atomic E-state index is 11.0. The zero-order valence-electron chi connectivity index (χ0n) is 10.5. The van der Waals surface area contributed by atoms with E-state index in [-0.39, 0.29) is 5.97 Å². The van der Waals surface area contributed by atoms with Gasteiger partial charge in [-0.2, -0.15) is 0 Å². The van der Waals surface area contributed by atoms with Crippen LogP contribution in [-0.4, -0.2) is 19.7 Å². The fourth-order valence-corrected chi connectivity index (χ4v) is 1.32. The lowest BCUT2D eigenvalue weighted by molar-refractivity contribution is -0.134. The first-order chi connectivity index (χ1) is 8.17. The van der Waals surface area contributed by atoms with Crippen molar-refractivity contribution in [2.24, 2.45) is 0 Å². The molecule has 1 aromatic carbocycles. The number of carbonyl (C=O) groups excluding carboxylic acids is 1. The average Bonchev–Trinajstić information content (AvgIpc) is 2.35. The predicted molar refractivity (Wildman–Crippen MR) is 68.0 cm³/mol. The van der Waals surface area contributed by atoms with Gasteiger partial charge in [0.05, 0.1) is 13.7 Å². The smallest absolute Gasteiger partial charge is 0.330 e. The van der Waals surface area contributed by atoms with E-state index in [1.165, 1.54) is 13.2 Å². The number of ether oxygens (including phenoxy) is 2. The van der Waals surface area contributed by atoms with Gasteiger partial charge in [-0.15, -0.1) is 0 Å². The molecule has 0 unspecified atom stereocenters. The van der Waals surface area contributed by atoms with Crippen molar-refractivity contribution in [1.29, 1.82) is 0 Å². The van der Waals surface area contributed by atoms with E-state index in [2.05, 4.69) is 11.7 Å². The number of benzene rings is 1. The summed E-state index contributed by atoms with van der Waals surface area (Å²) in [5.74, 6) is 0.500. The molecule has 0 aliphatic rings. The van der Waals surface area contributed by atoms with Gasteiger partial charge in [0.15, 0.2) is 0 Å². The van der Waals surface area contributed by atoms with Crippen LogP contribution in [0.1, 0.15) is 24.5 Å². The van der Waals surface area contributed by atoms with Gasteiger partial charge in [-0.1, -0.05) is 19.1 Å². The van der Waals surface area contributed by atoms with Crippen LogP contribution in [0.4, 0.5) is 0 Å². The van der Waals surface area contributed by atoms with Gasteiger partial charge in [0.25, 0.3) is 0 Å². The molecule has 92 valence electrons. The van der Waals surface area contributed by atoms with E-state index >= 15 is 0 Å². The first kappa shape index (κ1) is 13.3. The van der Waals surface area contributed by atoms with Crippen molar-refractivity contribution < 1.29 is 14.3 Å². The van der Waals surface area contributed by atoms with E-state index in [0.717, 1.165) is 23.3 Å². The summed E-state index contributed by atoms with van der Waals surface area (Å²) in [4.78, 5) is 11.0. The minimum atomic E-state index is -0.360. The first-order valence-electron chi connectivity index (χ1n) is 5.67. The van der Waals surface area contributed by atoms with E-state index in [9.17, 15) is 4.79 Å². The van der Waals surface area contributed by atoms with Crippen LogP contribution in [0.25, 0.3) is 6.08 Å². The van der Waals surface area contributed by atoms with Crippen molar-refractivity contribution in [1.82, 2.24) is 0 Å². The van der Waals surface area contributed by atoms with Crippen molar-refractivity contribution in [3.8, 4) is 5.75 Å². The summed E-state index contributed by atoms with van der Waals surface area (Å²) < 4.78 is 10.1. The second-order valence-electron chi connectivity index (χ2n) is 3.73. The summed E-state index contributed by atoms with van der Waals surface area (Å²) in [6.07, 6.45) is 4.08. The third-order valence-corrected chi connectivity index (χ3v) is 2.29. The largest absolute Gasteiger partial charge is 0.493 e. The number of rotatable bonds is 5. The van der Waals surface area contributed by atoms with E-state index in [4.69, 9.17) is 4.74 Å². The highest BCUT2D eigenvalue weighted by molar-refractivity contribution is 5.87. The maximum atomic E-state index is 11.0. The van der Waals surface area contributed by atoms with Gasteiger partial charge in [0, 0.05) is 6.08 Å². The summed E-state index contributed by atoms with van der Waals surface area (Å²) in [5, 5.41) is 0. The Morgan fingerprint density at radius 3 is 2.82 bits per heavy atom. The fraction of sp³-hybridized carbons (Fsp3) is 0.357. The van der Waals surface area contributed by atoms with Crippen LogP contribution >= 0.6 is 0 Å². The number of hydrogen-bond donors (Lipinski definition) is 0. The van der Waals surface area contributed by atoms with Gasteiger partial charge in [-0.3, -0.25) is 0 Å². The van der Waals surface area contributed by atoms with Gasteiger partial charge in [-0.25, -0.2) is 4.79 Å². The highest BCUT2D eigenvalue weighted by Crippen LogP contribution is 2.20. The zero-order valence-corrected chi connectivity index (χ0v) is 10.5. The summed E-state index contributed by atoms with van der Waals surface area (Å²) in [6.45, 7) is 4.76. The number of esters is 1.